The van der Waals surface area contributed by atoms with Gasteiger partial charge in [0.15, 0.2) is 5.78 Å². The van der Waals surface area contributed by atoms with Crippen molar-refractivity contribution in [1.29, 1.82) is 0 Å². The van der Waals surface area contributed by atoms with Crippen LogP contribution in [0.25, 0.3) is 0 Å². The van der Waals surface area contributed by atoms with Crippen molar-refractivity contribution in [2.24, 2.45) is 15.9 Å². The Kier molecular flexibility index (Phi) is 5.20. The molecule has 1 aromatic rings. The number of nitrogens with zero attached hydrogens (tertiary/aromatic N) is 2. The van der Waals surface area contributed by atoms with Crippen molar-refractivity contribution in [2.45, 2.75) is 48.5 Å². The molecule has 0 saturated heterocycles. The summed E-state index contributed by atoms with van der Waals surface area (Å²) in [7, 11) is 0. The molecule has 5 heteroatoms. The van der Waals surface area contributed by atoms with E-state index < -0.39 is 0 Å². The number of halogens is 1. The summed E-state index contributed by atoms with van der Waals surface area (Å²) in [5.41, 5.74) is 3.08. The monoisotopic (exact) mass is 410 g/mol. The highest BCUT2D eigenvalue weighted by Crippen LogP contribution is 2.40. The lowest BCUT2D eigenvalue weighted by Gasteiger charge is -2.31. The molecule has 0 unspecified atom stereocenters. The number of carbonyl (C=O) groups is 2. The third kappa shape index (κ3) is 3.86. The second kappa shape index (κ2) is 7.10. The maximum absolute atomic E-state index is 13.3. The maximum atomic E-state index is 13.3. The molecule has 0 aromatic heterocycles. The van der Waals surface area contributed by atoms with Crippen molar-refractivity contribution in [3.05, 3.63) is 63.7 Å². The second-order valence-electron chi connectivity index (χ2n) is 9.53. The van der Waals surface area contributed by atoms with Gasteiger partial charge in [-0.3, -0.25) is 9.59 Å². The highest BCUT2D eigenvalue weighted by molar-refractivity contribution is 6.36. The first kappa shape index (κ1) is 21.3. The average molecular weight is 411 g/mol. The molecule has 0 N–H and O–H groups in total. The van der Waals surface area contributed by atoms with E-state index in [-0.39, 0.29) is 22.5 Å². The number of Topliss-reactive ketones (excluding diaryl/α,β-unsaturated/α-hetero) is 1. The van der Waals surface area contributed by atoms with Crippen molar-refractivity contribution in [2.75, 3.05) is 5.01 Å². The number of anilines is 1. The number of carbonyl (C=O) groups excluding carboxylic acids is 2. The van der Waals surface area contributed by atoms with Crippen LogP contribution >= 0.6 is 11.6 Å². The number of hydrogen-bond acceptors (Lipinski definition) is 3. The second-order valence-corrected chi connectivity index (χ2v) is 9.94. The molecule has 152 valence electrons. The predicted octanol–water partition coefficient (Wildman–Crippen LogP) is 5.89. The molecule has 29 heavy (non-hydrogen) atoms. The van der Waals surface area contributed by atoms with E-state index >= 15 is 0 Å². The zero-order chi connectivity index (χ0) is 21.7. The zero-order valence-electron chi connectivity index (χ0n) is 18.1. The number of hydrazone groups is 1. The Morgan fingerprint density at radius 1 is 0.897 bits per heavy atom. The van der Waals surface area contributed by atoms with Gasteiger partial charge in [-0.1, -0.05) is 65.3 Å². The molecular formula is C24H27ClN2O2. The van der Waals surface area contributed by atoms with Crippen LogP contribution in [-0.2, 0) is 9.59 Å². The number of allylic oxidation sites excluding steroid dienone is 5. The minimum absolute atomic E-state index is 0.0392. The van der Waals surface area contributed by atoms with Gasteiger partial charge in [0.05, 0.1) is 22.0 Å². The normalized spacial score (nSPS) is 18.2. The van der Waals surface area contributed by atoms with Gasteiger partial charge in [0.25, 0.3) is 5.91 Å². The van der Waals surface area contributed by atoms with E-state index in [1.165, 1.54) is 5.01 Å². The quantitative estimate of drug-likeness (QED) is 0.542. The van der Waals surface area contributed by atoms with E-state index in [0.29, 0.717) is 33.1 Å². The number of ketones is 1. The summed E-state index contributed by atoms with van der Waals surface area (Å²) in [6, 6.07) is 7.13. The maximum Gasteiger partial charge on any atom is 0.281 e. The van der Waals surface area contributed by atoms with Crippen LogP contribution in [-0.4, -0.2) is 17.4 Å². The first-order valence-corrected chi connectivity index (χ1v) is 10.1. The highest BCUT2D eigenvalue weighted by Gasteiger charge is 2.37. The van der Waals surface area contributed by atoms with Gasteiger partial charge >= 0.3 is 0 Å². The fourth-order valence-electron chi connectivity index (χ4n) is 3.51. The third-order valence-electron chi connectivity index (χ3n) is 5.09. The van der Waals surface area contributed by atoms with Crippen LogP contribution in [0.5, 0.6) is 0 Å². The fraction of sp³-hybridized carbons (Fsp3) is 0.375. The molecule has 0 radical (unpaired) electrons. The van der Waals surface area contributed by atoms with Crippen LogP contribution in [0.3, 0.4) is 0 Å². The van der Waals surface area contributed by atoms with Gasteiger partial charge in [-0.15, -0.1) is 0 Å². The lowest BCUT2D eigenvalue weighted by molar-refractivity contribution is -0.115. The van der Waals surface area contributed by atoms with E-state index in [2.05, 4.69) is 5.10 Å². The largest absolute Gasteiger partial charge is 0.289 e. The van der Waals surface area contributed by atoms with Crippen LogP contribution in [0.15, 0.2) is 63.8 Å². The first-order valence-electron chi connectivity index (χ1n) is 9.70. The minimum Gasteiger partial charge on any atom is -0.289 e. The lowest BCUT2D eigenvalue weighted by atomic mass is 9.71. The first-order chi connectivity index (χ1) is 13.3. The van der Waals surface area contributed by atoms with Crippen molar-refractivity contribution >= 4 is 34.7 Å². The number of rotatable bonds is 1. The highest BCUT2D eigenvalue weighted by atomic mass is 35.5. The summed E-state index contributed by atoms with van der Waals surface area (Å²) in [5.74, 6) is -0.202. The molecule has 1 aliphatic carbocycles. The molecule has 2 aliphatic rings. The minimum atomic E-state index is -0.344. The molecule has 0 spiro atoms. The summed E-state index contributed by atoms with van der Waals surface area (Å²) in [4.78, 5) is 26.5. The lowest BCUT2D eigenvalue weighted by Crippen LogP contribution is -2.29. The average Bonchev–Trinajstić information content (AvgIpc) is 2.88. The molecule has 0 saturated carbocycles. The van der Waals surface area contributed by atoms with Crippen LogP contribution < -0.4 is 5.01 Å². The van der Waals surface area contributed by atoms with Crippen molar-refractivity contribution < 1.29 is 9.59 Å². The molecule has 4 nitrogen and oxygen atoms in total. The molecule has 1 aliphatic heterocycles. The van der Waals surface area contributed by atoms with Crippen LogP contribution in [0.1, 0.15) is 48.5 Å². The summed E-state index contributed by atoms with van der Waals surface area (Å²) in [6.07, 6.45) is 3.69. The number of para-hydroxylation sites is 1. The molecule has 3 rings (SSSR count). The van der Waals surface area contributed by atoms with E-state index in [9.17, 15) is 9.59 Å². The van der Waals surface area contributed by atoms with E-state index in [0.717, 1.165) is 5.57 Å². The molecule has 0 atom stereocenters. The van der Waals surface area contributed by atoms with Gasteiger partial charge in [0.1, 0.15) is 0 Å². The smallest absolute Gasteiger partial charge is 0.281 e. The SMILES string of the molecule is CC1=NN(c2ccccc2Cl)C(=O)C1=C1C=C(C(C)(C)C)C(=O)C(C(C)(C)C)=C1. The number of amides is 1. The third-order valence-corrected chi connectivity index (χ3v) is 5.41. The number of hydrogen-bond donors (Lipinski definition) is 0. The molecule has 0 bridgehead atoms. The van der Waals surface area contributed by atoms with Crippen molar-refractivity contribution in [3.63, 3.8) is 0 Å². The number of benzene rings is 1. The van der Waals surface area contributed by atoms with Crippen LogP contribution in [0, 0.1) is 10.8 Å². The zero-order valence-corrected chi connectivity index (χ0v) is 18.8. The Morgan fingerprint density at radius 2 is 1.41 bits per heavy atom. The van der Waals surface area contributed by atoms with Crippen molar-refractivity contribution in [3.8, 4) is 0 Å². The Labute approximate surface area is 177 Å². The van der Waals surface area contributed by atoms with Crippen molar-refractivity contribution in [1.82, 2.24) is 0 Å². The predicted molar refractivity (Wildman–Crippen MR) is 119 cm³/mol. The van der Waals surface area contributed by atoms with Crippen LogP contribution in [0.2, 0.25) is 5.02 Å². The Hall–Kier alpha value is -2.46. The fourth-order valence-corrected chi connectivity index (χ4v) is 3.73. The summed E-state index contributed by atoms with van der Waals surface area (Å²) in [6.45, 7) is 13.9. The summed E-state index contributed by atoms with van der Waals surface area (Å²) < 4.78 is 0. The van der Waals surface area contributed by atoms with Crippen LogP contribution in [0.4, 0.5) is 5.69 Å². The van der Waals surface area contributed by atoms with E-state index in [1.807, 2.05) is 72.8 Å². The topological polar surface area (TPSA) is 49.7 Å². The Morgan fingerprint density at radius 3 is 1.90 bits per heavy atom. The molecule has 0 fully saturated rings. The summed E-state index contributed by atoms with van der Waals surface area (Å²) >= 11 is 6.29. The van der Waals surface area contributed by atoms with E-state index in [1.54, 1.807) is 12.1 Å². The molecule has 1 amide bonds. The van der Waals surface area contributed by atoms with Gasteiger partial charge in [-0.25, -0.2) is 0 Å². The molecule has 1 aromatic carbocycles. The molecule has 1 heterocycles. The molecular weight excluding hydrogens is 384 g/mol. The Balaban J connectivity index is 2.21. The van der Waals surface area contributed by atoms with E-state index in [4.69, 9.17) is 11.6 Å². The van der Waals surface area contributed by atoms with Gasteiger partial charge in [0, 0.05) is 11.1 Å². The van der Waals surface area contributed by atoms with Gasteiger partial charge in [-0.2, -0.15) is 10.1 Å². The summed E-state index contributed by atoms with van der Waals surface area (Å²) in [5, 5.41) is 6.26. The van der Waals surface area contributed by atoms with Gasteiger partial charge < -0.3 is 0 Å². The Bertz CT molecular complexity index is 992. The van der Waals surface area contributed by atoms with Gasteiger partial charge in [0.2, 0.25) is 0 Å². The standard InChI is InChI=1S/C24H27ClN2O2/c1-14-20(22(29)27(26-14)19-11-9-8-10-18(19)25)15-12-16(23(2,3)4)21(28)17(13-15)24(5,6)7/h8-13H,1-7H3. The van der Waals surface area contributed by atoms with Gasteiger partial charge in [-0.05, 0) is 47.6 Å².